The summed E-state index contributed by atoms with van der Waals surface area (Å²) in [6.07, 6.45) is 2.55. The minimum absolute atomic E-state index is 0.00795. The van der Waals surface area contributed by atoms with Gasteiger partial charge in [-0.05, 0) is 37.5 Å². The van der Waals surface area contributed by atoms with Gasteiger partial charge in [-0.25, -0.2) is 13.2 Å². The normalized spacial score (nSPS) is 15.6. The number of aryl methyl sites for hydroxylation is 1. The molecule has 0 aromatic heterocycles. The molecular formula is C16H23N3O5S. The summed E-state index contributed by atoms with van der Waals surface area (Å²) in [4.78, 5) is 22.4. The molecule has 1 heterocycles. The van der Waals surface area contributed by atoms with Gasteiger partial charge >= 0.3 is 12.0 Å². The molecule has 2 rings (SSSR count). The molecule has 1 fully saturated rings. The van der Waals surface area contributed by atoms with E-state index in [9.17, 15) is 18.0 Å². The maximum Gasteiger partial charge on any atom is 0.319 e. The van der Waals surface area contributed by atoms with Crippen LogP contribution in [-0.4, -0.2) is 49.5 Å². The van der Waals surface area contributed by atoms with Crippen molar-refractivity contribution in [3.8, 4) is 0 Å². The molecule has 0 atom stereocenters. The third-order valence-electron chi connectivity index (χ3n) is 4.03. The zero-order chi connectivity index (χ0) is 18.4. The highest BCUT2D eigenvalue weighted by atomic mass is 32.2. The monoisotopic (exact) mass is 369 g/mol. The summed E-state index contributed by atoms with van der Waals surface area (Å²) in [7, 11) is -3.58. The second-order valence-corrected chi connectivity index (χ2v) is 7.90. The molecule has 25 heavy (non-hydrogen) atoms. The van der Waals surface area contributed by atoms with E-state index < -0.39 is 22.0 Å². The molecule has 9 heteroatoms. The van der Waals surface area contributed by atoms with E-state index in [0.717, 1.165) is 19.3 Å². The number of piperidine rings is 1. The molecule has 8 nitrogen and oxygen atoms in total. The number of carbonyl (C=O) groups excluding carboxylic acids is 1. The van der Waals surface area contributed by atoms with Crippen molar-refractivity contribution in [3.63, 3.8) is 0 Å². The molecule has 0 radical (unpaired) electrons. The molecule has 1 aliphatic heterocycles. The van der Waals surface area contributed by atoms with Gasteiger partial charge in [0.2, 0.25) is 10.0 Å². The first-order chi connectivity index (χ1) is 11.8. The number of rotatable bonds is 6. The van der Waals surface area contributed by atoms with Gasteiger partial charge in [-0.2, -0.15) is 4.31 Å². The number of aliphatic carboxylic acids is 1. The van der Waals surface area contributed by atoms with Crippen molar-refractivity contribution < 1.29 is 23.1 Å². The minimum Gasteiger partial charge on any atom is -0.481 e. The lowest BCUT2D eigenvalue weighted by molar-refractivity contribution is -0.136. The lowest BCUT2D eigenvalue weighted by Gasteiger charge is -2.26. The standard InChI is InChI=1S/C16H23N3O5S/c1-12-5-6-13(25(23,24)19-9-3-2-4-10-19)11-14(12)18-16(22)17-8-7-15(20)21/h5-6,11H,2-4,7-10H2,1H3,(H,20,21)(H2,17,18,22). The van der Waals surface area contributed by atoms with Crippen molar-refractivity contribution in [2.24, 2.45) is 0 Å². The average molecular weight is 369 g/mol. The molecule has 1 aromatic carbocycles. The Kier molecular flexibility index (Phi) is 6.38. The summed E-state index contributed by atoms with van der Waals surface area (Å²) in [6.45, 7) is 2.76. The Morgan fingerprint density at radius 1 is 1.20 bits per heavy atom. The van der Waals surface area contributed by atoms with Crippen LogP contribution in [0.1, 0.15) is 31.2 Å². The maximum absolute atomic E-state index is 12.7. The van der Waals surface area contributed by atoms with Crippen LogP contribution in [0.4, 0.5) is 10.5 Å². The van der Waals surface area contributed by atoms with Crippen molar-refractivity contribution in [3.05, 3.63) is 23.8 Å². The van der Waals surface area contributed by atoms with E-state index in [0.29, 0.717) is 24.3 Å². The fraction of sp³-hybridized carbons (Fsp3) is 0.500. The van der Waals surface area contributed by atoms with E-state index in [1.807, 2.05) is 0 Å². The predicted molar refractivity (Wildman–Crippen MR) is 93.1 cm³/mol. The first-order valence-electron chi connectivity index (χ1n) is 8.18. The van der Waals surface area contributed by atoms with Crippen LogP contribution in [0.15, 0.2) is 23.1 Å². The molecule has 1 aromatic rings. The number of sulfonamides is 1. The topological polar surface area (TPSA) is 116 Å². The number of nitrogens with zero attached hydrogens (tertiary/aromatic N) is 1. The summed E-state index contributed by atoms with van der Waals surface area (Å²) in [5.41, 5.74) is 1.09. The summed E-state index contributed by atoms with van der Waals surface area (Å²) in [5.74, 6) is -1.01. The first-order valence-corrected chi connectivity index (χ1v) is 9.62. The Labute approximate surface area is 147 Å². The number of carbonyl (C=O) groups is 2. The SMILES string of the molecule is Cc1ccc(S(=O)(=O)N2CCCCC2)cc1NC(=O)NCCC(=O)O. The minimum atomic E-state index is -3.58. The number of carboxylic acids is 1. The molecule has 0 aliphatic carbocycles. The van der Waals surface area contributed by atoms with Crippen LogP contribution >= 0.6 is 0 Å². The Hall–Kier alpha value is -2.13. The molecule has 0 spiro atoms. The van der Waals surface area contributed by atoms with E-state index in [-0.39, 0.29) is 17.9 Å². The van der Waals surface area contributed by atoms with E-state index in [1.165, 1.54) is 16.4 Å². The zero-order valence-corrected chi connectivity index (χ0v) is 14.9. The molecule has 0 bridgehead atoms. The van der Waals surface area contributed by atoms with Gasteiger partial charge in [-0.3, -0.25) is 4.79 Å². The summed E-state index contributed by atoms with van der Waals surface area (Å²) < 4.78 is 26.9. The Morgan fingerprint density at radius 2 is 1.88 bits per heavy atom. The highest BCUT2D eigenvalue weighted by Gasteiger charge is 2.26. The van der Waals surface area contributed by atoms with Gasteiger partial charge in [0.05, 0.1) is 11.3 Å². The first kappa shape index (κ1) is 19.2. The van der Waals surface area contributed by atoms with Crippen LogP contribution in [-0.2, 0) is 14.8 Å². The van der Waals surface area contributed by atoms with Crippen LogP contribution in [0.5, 0.6) is 0 Å². The zero-order valence-electron chi connectivity index (χ0n) is 14.1. The third-order valence-corrected chi connectivity index (χ3v) is 5.93. The lowest BCUT2D eigenvalue weighted by atomic mass is 10.2. The summed E-state index contributed by atoms with van der Waals surface area (Å²) >= 11 is 0. The maximum atomic E-state index is 12.7. The second kappa shape index (κ2) is 8.30. The number of carboxylic acid groups (broad SMARTS) is 1. The largest absolute Gasteiger partial charge is 0.481 e. The number of nitrogens with one attached hydrogen (secondary N) is 2. The van der Waals surface area contributed by atoms with Gasteiger partial charge in [0.15, 0.2) is 0 Å². The number of hydrogen-bond acceptors (Lipinski definition) is 4. The van der Waals surface area contributed by atoms with E-state index >= 15 is 0 Å². The van der Waals surface area contributed by atoms with E-state index in [2.05, 4.69) is 10.6 Å². The average Bonchev–Trinajstić information content (AvgIpc) is 2.57. The third kappa shape index (κ3) is 5.17. The van der Waals surface area contributed by atoms with Gasteiger partial charge in [0.25, 0.3) is 0 Å². The Balaban J connectivity index is 2.11. The van der Waals surface area contributed by atoms with Crippen molar-refractivity contribution in [2.75, 3.05) is 25.0 Å². The smallest absolute Gasteiger partial charge is 0.319 e. The van der Waals surface area contributed by atoms with Crippen LogP contribution in [0, 0.1) is 6.92 Å². The van der Waals surface area contributed by atoms with Crippen molar-refractivity contribution in [1.82, 2.24) is 9.62 Å². The molecule has 138 valence electrons. The molecule has 1 saturated heterocycles. The lowest BCUT2D eigenvalue weighted by Crippen LogP contribution is -2.35. The predicted octanol–water partition coefficient (Wildman–Crippen LogP) is 1.77. The fourth-order valence-corrected chi connectivity index (χ4v) is 4.14. The van der Waals surface area contributed by atoms with Crippen molar-refractivity contribution in [2.45, 2.75) is 37.5 Å². The number of amides is 2. The fourth-order valence-electron chi connectivity index (χ4n) is 2.60. The van der Waals surface area contributed by atoms with Gasteiger partial charge in [0, 0.05) is 25.3 Å². The Morgan fingerprint density at radius 3 is 2.52 bits per heavy atom. The number of anilines is 1. The molecule has 2 amide bonds. The summed E-state index contributed by atoms with van der Waals surface area (Å²) in [6, 6.07) is 4.05. The van der Waals surface area contributed by atoms with Gasteiger partial charge < -0.3 is 15.7 Å². The van der Waals surface area contributed by atoms with Gasteiger partial charge in [-0.1, -0.05) is 12.5 Å². The number of hydrogen-bond donors (Lipinski definition) is 3. The quantitative estimate of drug-likeness (QED) is 0.707. The van der Waals surface area contributed by atoms with Crippen molar-refractivity contribution >= 4 is 27.7 Å². The molecule has 1 aliphatic rings. The molecule has 0 saturated carbocycles. The van der Waals surface area contributed by atoms with Crippen LogP contribution in [0.3, 0.4) is 0 Å². The molecule has 3 N–H and O–H groups in total. The van der Waals surface area contributed by atoms with Gasteiger partial charge in [-0.15, -0.1) is 0 Å². The highest BCUT2D eigenvalue weighted by molar-refractivity contribution is 7.89. The van der Waals surface area contributed by atoms with Gasteiger partial charge in [0.1, 0.15) is 0 Å². The van der Waals surface area contributed by atoms with Crippen LogP contribution in [0.25, 0.3) is 0 Å². The van der Waals surface area contributed by atoms with Crippen LogP contribution < -0.4 is 10.6 Å². The molecule has 0 unspecified atom stereocenters. The molecular weight excluding hydrogens is 346 g/mol. The summed E-state index contributed by atoms with van der Waals surface area (Å²) in [5, 5.41) is 13.6. The highest BCUT2D eigenvalue weighted by Crippen LogP contribution is 2.25. The number of urea groups is 1. The Bertz CT molecular complexity index is 742. The second-order valence-electron chi connectivity index (χ2n) is 5.97. The van der Waals surface area contributed by atoms with E-state index in [1.54, 1.807) is 13.0 Å². The van der Waals surface area contributed by atoms with Crippen molar-refractivity contribution in [1.29, 1.82) is 0 Å². The van der Waals surface area contributed by atoms with E-state index in [4.69, 9.17) is 5.11 Å². The van der Waals surface area contributed by atoms with Crippen LogP contribution in [0.2, 0.25) is 0 Å². The number of benzene rings is 1.